The molecule has 4 nitrogen and oxygen atoms in total. The number of benzene rings is 3. The number of tetrazole rings is 1. The Labute approximate surface area is 153 Å². The zero-order chi connectivity index (χ0) is 18.1. The van der Waals surface area contributed by atoms with Gasteiger partial charge in [-0.15, -0.1) is 0 Å². The predicted octanol–water partition coefficient (Wildman–Crippen LogP) is 4.14. The Kier molecular flexibility index (Phi) is 4.09. The molecule has 0 fully saturated rings. The third-order valence-electron chi connectivity index (χ3n) is 4.33. The third kappa shape index (κ3) is 3.14. The fourth-order valence-corrected chi connectivity index (χ4v) is 2.95. The molecule has 0 saturated carbocycles. The molecular weight excluding hydrogens is 320 g/mol. The summed E-state index contributed by atoms with van der Waals surface area (Å²) in [5.41, 5.74) is 6.56. The van der Waals surface area contributed by atoms with E-state index in [0.717, 1.165) is 16.9 Å². The molecule has 0 aliphatic rings. The molecule has 0 unspecified atom stereocenters. The topological polar surface area (TPSA) is 34.6 Å². The van der Waals surface area contributed by atoms with Gasteiger partial charge in [0.1, 0.15) is 5.69 Å². The maximum Gasteiger partial charge on any atom is 0.340 e. The van der Waals surface area contributed by atoms with Crippen LogP contribution in [0.1, 0.15) is 16.7 Å². The van der Waals surface area contributed by atoms with Crippen LogP contribution >= 0.6 is 0 Å². The maximum atomic E-state index is 4.80. The van der Waals surface area contributed by atoms with Crippen LogP contribution in [0.2, 0.25) is 0 Å². The van der Waals surface area contributed by atoms with Crippen molar-refractivity contribution >= 4 is 0 Å². The normalized spacial score (nSPS) is 10.9. The second-order valence-corrected chi connectivity index (χ2v) is 6.65. The van der Waals surface area contributed by atoms with Gasteiger partial charge in [-0.05, 0) is 72.6 Å². The van der Waals surface area contributed by atoms with E-state index in [1.807, 2.05) is 33.9 Å². The van der Waals surface area contributed by atoms with Crippen molar-refractivity contribution in [2.24, 2.45) is 0 Å². The first-order valence-electron chi connectivity index (χ1n) is 8.71. The third-order valence-corrected chi connectivity index (χ3v) is 4.33. The van der Waals surface area contributed by atoms with Gasteiger partial charge in [-0.3, -0.25) is 0 Å². The fraction of sp³-hybridized carbons (Fsp3) is 0.136. The van der Waals surface area contributed by atoms with Gasteiger partial charge < -0.3 is 0 Å². The number of rotatable bonds is 3. The van der Waals surface area contributed by atoms with E-state index in [2.05, 4.69) is 69.3 Å². The minimum atomic E-state index is 0.704. The van der Waals surface area contributed by atoms with E-state index >= 15 is 0 Å². The second kappa shape index (κ2) is 6.56. The zero-order valence-corrected chi connectivity index (χ0v) is 15.2. The Morgan fingerprint density at radius 3 is 2.12 bits per heavy atom. The van der Waals surface area contributed by atoms with E-state index in [1.165, 1.54) is 16.7 Å². The van der Waals surface area contributed by atoms with Crippen LogP contribution in [0.4, 0.5) is 0 Å². The van der Waals surface area contributed by atoms with Gasteiger partial charge in [0.25, 0.3) is 0 Å². The first kappa shape index (κ1) is 16.2. The summed E-state index contributed by atoms with van der Waals surface area (Å²) in [7, 11) is 0. The highest BCUT2D eigenvalue weighted by Gasteiger charge is 2.23. The van der Waals surface area contributed by atoms with E-state index in [1.54, 1.807) is 0 Å². The molecule has 0 N–H and O–H groups in total. The average Bonchev–Trinajstić information content (AvgIpc) is 3.08. The molecule has 4 heteroatoms. The van der Waals surface area contributed by atoms with Crippen LogP contribution < -0.4 is 4.80 Å². The smallest absolute Gasteiger partial charge is 0.0612 e. The van der Waals surface area contributed by atoms with E-state index in [9.17, 15) is 0 Å². The van der Waals surface area contributed by atoms with Gasteiger partial charge in [-0.25, -0.2) is 0 Å². The number of hydrogen-bond donors (Lipinski definition) is 0. The lowest BCUT2D eigenvalue weighted by Crippen LogP contribution is -2.43. The summed E-state index contributed by atoms with van der Waals surface area (Å²) in [6.45, 7) is 6.24. The highest BCUT2D eigenvalue weighted by Crippen LogP contribution is 2.17. The van der Waals surface area contributed by atoms with Crippen molar-refractivity contribution < 1.29 is 4.80 Å². The molecule has 3 aromatic carbocycles. The van der Waals surface area contributed by atoms with Crippen molar-refractivity contribution in [3.8, 4) is 22.8 Å². The number of aryl methyl sites for hydroxylation is 3. The Balaban J connectivity index is 1.92. The molecule has 26 heavy (non-hydrogen) atoms. The van der Waals surface area contributed by atoms with Gasteiger partial charge >= 0.3 is 5.82 Å². The Hall–Kier alpha value is -3.27. The van der Waals surface area contributed by atoms with Gasteiger partial charge in [0.2, 0.25) is 0 Å². The zero-order valence-electron chi connectivity index (χ0n) is 15.2. The summed E-state index contributed by atoms with van der Waals surface area (Å²) in [4.78, 5) is 3.71. The number of nitrogens with zero attached hydrogens (tertiary/aromatic N) is 4. The summed E-state index contributed by atoms with van der Waals surface area (Å²) in [6, 6.07) is 24.9. The van der Waals surface area contributed by atoms with E-state index in [4.69, 9.17) is 10.2 Å². The highest BCUT2D eigenvalue weighted by molar-refractivity contribution is 5.55. The van der Waals surface area contributed by atoms with Crippen LogP contribution in [-0.4, -0.2) is 15.0 Å². The second-order valence-electron chi connectivity index (χ2n) is 6.65. The number of hydrogen-bond acceptors (Lipinski definition) is 2. The Bertz CT molecular complexity index is 1060. The van der Waals surface area contributed by atoms with Gasteiger partial charge in [-0.2, -0.15) is 0 Å². The largest absolute Gasteiger partial charge is 0.340 e. The van der Waals surface area contributed by atoms with Gasteiger partial charge in [0.15, 0.2) is 5.69 Å². The molecule has 0 amide bonds. The average molecular weight is 341 g/mol. The summed E-state index contributed by atoms with van der Waals surface area (Å²) in [6.07, 6.45) is 0. The molecule has 4 rings (SSSR count). The van der Waals surface area contributed by atoms with Crippen molar-refractivity contribution in [1.29, 1.82) is 0 Å². The molecule has 0 atom stereocenters. The summed E-state index contributed by atoms with van der Waals surface area (Å²) >= 11 is 0. The quantitative estimate of drug-likeness (QED) is 0.525. The molecule has 0 aliphatic heterocycles. The van der Waals surface area contributed by atoms with E-state index < -0.39 is 0 Å². The van der Waals surface area contributed by atoms with Crippen LogP contribution in [0.15, 0.2) is 72.8 Å². The molecule has 0 spiro atoms. The van der Waals surface area contributed by atoms with Crippen molar-refractivity contribution in [3.05, 3.63) is 89.5 Å². The Morgan fingerprint density at radius 1 is 0.731 bits per heavy atom. The lowest BCUT2D eigenvalue weighted by Gasteiger charge is -2.01. The minimum absolute atomic E-state index is 0.704. The van der Waals surface area contributed by atoms with E-state index in [0.29, 0.717) is 5.82 Å². The van der Waals surface area contributed by atoms with Crippen molar-refractivity contribution in [3.63, 3.8) is 0 Å². The van der Waals surface area contributed by atoms with Gasteiger partial charge in [0.05, 0.1) is 10.7 Å². The van der Waals surface area contributed by atoms with Crippen molar-refractivity contribution in [2.75, 3.05) is 0 Å². The highest BCUT2D eigenvalue weighted by atomic mass is 15.7. The minimum Gasteiger partial charge on any atom is -0.0612 e. The van der Waals surface area contributed by atoms with Crippen molar-refractivity contribution in [2.45, 2.75) is 20.8 Å². The molecular formula is C22H21N4+. The van der Waals surface area contributed by atoms with Crippen LogP contribution in [0.3, 0.4) is 0 Å². The van der Waals surface area contributed by atoms with E-state index in [-0.39, 0.29) is 0 Å². The summed E-state index contributed by atoms with van der Waals surface area (Å²) < 4.78 is 0. The molecule has 0 radical (unpaired) electrons. The number of aromatic nitrogens is 4. The Morgan fingerprint density at radius 2 is 1.42 bits per heavy atom. The van der Waals surface area contributed by atoms with Crippen molar-refractivity contribution in [1.82, 2.24) is 15.0 Å². The molecule has 1 heterocycles. The first-order valence-corrected chi connectivity index (χ1v) is 8.71. The van der Waals surface area contributed by atoms with Crippen LogP contribution in [0, 0.1) is 20.8 Å². The van der Waals surface area contributed by atoms with Gasteiger partial charge in [-0.1, -0.05) is 47.5 Å². The molecule has 1 aromatic heterocycles. The predicted molar refractivity (Wildman–Crippen MR) is 103 cm³/mol. The molecule has 0 saturated heterocycles. The standard InChI is InChI=1S/C22H21N4/c1-16-10-12-20(13-11-16)25-23-22(19-8-4-6-17(2)14-19)24-26(25)21-9-5-7-18(3)15-21/h4-15H,1-3H3/q+1. The first-order chi connectivity index (χ1) is 12.6. The fourth-order valence-electron chi connectivity index (χ4n) is 2.95. The monoisotopic (exact) mass is 341 g/mol. The van der Waals surface area contributed by atoms with Gasteiger partial charge in [0, 0.05) is 4.80 Å². The molecule has 128 valence electrons. The summed E-state index contributed by atoms with van der Waals surface area (Å²) in [5, 5.41) is 9.60. The maximum absolute atomic E-state index is 4.80. The lowest BCUT2D eigenvalue weighted by molar-refractivity contribution is -0.734. The molecule has 4 aromatic rings. The summed E-state index contributed by atoms with van der Waals surface area (Å²) in [5.74, 6) is 0.704. The SMILES string of the molecule is Cc1ccc(-[n+]2nc(-c3cccc(C)c3)nn2-c2cccc(C)c2)cc1. The van der Waals surface area contributed by atoms with Crippen LogP contribution in [0.5, 0.6) is 0 Å². The molecule has 0 aliphatic carbocycles. The lowest BCUT2D eigenvalue weighted by atomic mass is 10.1. The van der Waals surface area contributed by atoms with Crippen LogP contribution in [-0.2, 0) is 0 Å². The van der Waals surface area contributed by atoms with Crippen LogP contribution in [0.25, 0.3) is 22.8 Å². The molecule has 0 bridgehead atoms.